The van der Waals surface area contributed by atoms with Gasteiger partial charge in [0.25, 0.3) is 0 Å². The molecule has 0 radical (unpaired) electrons. The fourth-order valence-electron chi connectivity index (χ4n) is 1.87. The van der Waals surface area contributed by atoms with Crippen molar-refractivity contribution in [3.63, 3.8) is 0 Å². The molecular weight excluding hydrogens is 256 g/mol. The van der Waals surface area contributed by atoms with Gasteiger partial charge in [0, 0.05) is 18.8 Å². The van der Waals surface area contributed by atoms with Crippen LogP contribution in [0.25, 0.3) is 0 Å². The Morgan fingerprint density at radius 2 is 2.33 bits per heavy atom. The van der Waals surface area contributed by atoms with Gasteiger partial charge in [-0.3, -0.25) is 4.79 Å². The number of nitrogens with zero attached hydrogens (tertiary/aromatic N) is 1. The monoisotopic (exact) mass is 270 g/mol. The molecule has 1 aromatic carbocycles. The van der Waals surface area contributed by atoms with Gasteiger partial charge in [-0.15, -0.1) is 0 Å². The molecule has 2 rings (SSSR count). The third-order valence-electron chi connectivity index (χ3n) is 2.81. The quantitative estimate of drug-likeness (QED) is 0.760. The molecule has 0 spiro atoms. The van der Waals surface area contributed by atoms with Gasteiger partial charge < -0.3 is 20.1 Å². The lowest BCUT2D eigenvalue weighted by molar-refractivity contribution is -0.105. The number of aliphatic hydroxyl groups excluding tert-OH is 1. The molecule has 1 fully saturated rings. The number of carbonyl (C=O) groups excluding carboxylic acids is 1. The van der Waals surface area contributed by atoms with Crippen molar-refractivity contribution < 1.29 is 14.6 Å². The zero-order valence-electron chi connectivity index (χ0n) is 9.80. The number of carbonyl (C=O) groups is 1. The predicted octanol–water partition coefficient (Wildman–Crippen LogP) is 1.11. The van der Waals surface area contributed by atoms with Crippen LogP contribution in [0, 0.1) is 0 Å². The molecule has 0 atom stereocenters. The average Bonchev–Trinajstić information content (AvgIpc) is 2.31. The van der Waals surface area contributed by atoms with Crippen LogP contribution >= 0.6 is 11.6 Å². The van der Waals surface area contributed by atoms with Crippen LogP contribution in [0.2, 0.25) is 5.02 Å². The molecular formula is C12H15ClN2O3. The van der Waals surface area contributed by atoms with Gasteiger partial charge in [-0.2, -0.15) is 0 Å². The summed E-state index contributed by atoms with van der Waals surface area (Å²) in [5.41, 5.74) is 1.59. The highest BCUT2D eigenvalue weighted by atomic mass is 35.5. The van der Waals surface area contributed by atoms with Crippen LogP contribution in [0.1, 0.15) is 0 Å². The first-order chi connectivity index (χ1) is 8.74. The maximum Gasteiger partial charge on any atom is 0.211 e. The van der Waals surface area contributed by atoms with Gasteiger partial charge in [-0.25, -0.2) is 0 Å². The number of hydrogen-bond donors (Lipinski definition) is 2. The number of aliphatic hydroxyl groups is 1. The minimum absolute atomic E-state index is 0.0377. The molecule has 1 saturated heterocycles. The molecule has 1 aromatic rings. The normalized spacial score (nSPS) is 15.3. The van der Waals surface area contributed by atoms with Gasteiger partial charge in [0.2, 0.25) is 6.41 Å². The van der Waals surface area contributed by atoms with E-state index < -0.39 is 0 Å². The Bertz CT molecular complexity index is 422. The second kappa shape index (κ2) is 6.04. The van der Waals surface area contributed by atoms with Crippen LogP contribution in [0.5, 0.6) is 0 Å². The Labute approximate surface area is 110 Å². The van der Waals surface area contributed by atoms with Gasteiger partial charge >= 0.3 is 0 Å². The Morgan fingerprint density at radius 3 is 3.00 bits per heavy atom. The van der Waals surface area contributed by atoms with E-state index in [0.717, 1.165) is 18.8 Å². The highest BCUT2D eigenvalue weighted by Gasteiger charge is 2.28. The zero-order chi connectivity index (χ0) is 13.0. The first kappa shape index (κ1) is 13.1. The molecule has 0 unspecified atom stereocenters. The number of ether oxygens (including phenoxy) is 1. The van der Waals surface area contributed by atoms with Crippen molar-refractivity contribution in [3.05, 3.63) is 23.2 Å². The number of amides is 1. The van der Waals surface area contributed by atoms with Gasteiger partial charge in [0.1, 0.15) is 0 Å². The van der Waals surface area contributed by atoms with E-state index in [1.807, 2.05) is 6.07 Å². The maximum atomic E-state index is 10.4. The van der Waals surface area contributed by atoms with Crippen molar-refractivity contribution in [2.24, 2.45) is 0 Å². The fraction of sp³-hybridized carbons (Fsp3) is 0.417. The van der Waals surface area contributed by atoms with Crippen LogP contribution in [-0.2, 0) is 9.53 Å². The van der Waals surface area contributed by atoms with Gasteiger partial charge in [0.05, 0.1) is 30.0 Å². The van der Waals surface area contributed by atoms with Crippen LogP contribution in [0.3, 0.4) is 0 Å². The molecule has 0 saturated carbocycles. The molecule has 1 amide bonds. The first-order valence-corrected chi connectivity index (χ1v) is 6.09. The van der Waals surface area contributed by atoms with E-state index in [1.165, 1.54) is 0 Å². The summed E-state index contributed by atoms with van der Waals surface area (Å²) in [6, 6.07) is 5.34. The Kier molecular flexibility index (Phi) is 4.41. The number of rotatable bonds is 6. The van der Waals surface area contributed by atoms with E-state index in [0.29, 0.717) is 23.7 Å². The van der Waals surface area contributed by atoms with E-state index in [4.69, 9.17) is 21.4 Å². The van der Waals surface area contributed by atoms with Crippen molar-refractivity contribution >= 4 is 29.4 Å². The minimum Gasteiger partial charge on any atom is -0.394 e. The van der Waals surface area contributed by atoms with E-state index in [9.17, 15) is 4.79 Å². The molecule has 2 N–H and O–H groups in total. The summed E-state index contributed by atoms with van der Waals surface area (Å²) < 4.78 is 5.39. The lowest BCUT2D eigenvalue weighted by Gasteiger charge is -2.41. The number of anilines is 2. The summed E-state index contributed by atoms with van der Waals surface area (Å²) in [6.45, 7) is 1.88. The largest absolute Gasteiger partial charge is 0.394 e. The third-order valence-corrected chi connectivity index (χ3v) is 3.12. The fourth-order valence-corrected chi connectivity index (χ4v) is 2.11. The third kappa shape index (κ3) is 2.93. The Hall–Kier alpha value is -1.30. The molecule has 1 aliphatic rings. The van der Waals surface area contributed by atoms with E-state index in [1.54, 1.807) is 12.1 Å². The molecule has 1 heterocycles. The highest BCUT2D eigenvalue weighted by molar-refractivity contribution is 6.33. The second-order valence-corrected chi connectivity index (χ2v) is 4.46. The Balaban J connectivity index is 1.97. The van der Waals surface area contributed by atoms with E-state index in [-0.39, 0.29) is 12.7 Å². The van der Waals surface area contributed by atoms with Gasteiger partial charge in [-0.1, -0.05) is 11.6 Å². The summed E-state index contributed by atoms with van der Waals surface area (Å²) in [6.07, 6.45) is 0.770. The number of nitrogens with one attached hydrogen (secondary N) is 1. The van der Waals surface area contributed by atoms with Crippen LogP contribution in [0.15, 0.2) is 18.2 Å². The molecule has 6 heteroatoms. The summed E-state index contributed by atoms with van der Waals surface area (Å²) >= 11 is 6.12. The second-order valence-electron chi connectivity index (χ2n) is 4.05. The average molecular weight is 271 g/mol. The highest BCUT2D eigenvalue weighted by Crippen LogP contribution is 2.32. The van der Waals surface area contributed by atoms with Crippen LogP contribution in [0.4, 0.5) is 11.4 Å². The SMILES string of the molecule is O=CNc1ccc(Cl)c(N2CC(OCCO)C2)c1. The standard InChI is InChI=1S/C12H15ClN2O3/c13-11-2-1-9(14-8-17)5-12(11)15-6-10(7-15)18-4-3-16/h1-2,5,8,10,16H,3-4,6-7H2,(H,14,17). The topological polar surface area (TPSA) is 61.8 Å². The van der Waals surface area contributed by atoms with Crippen molar-refractivity contribution in [1.82, 2.24) is 0 Å². The molecule has 5 nitrogen and oxygen atoms in total. The number of halogens is 1. The summed E-state index contributed by atoms with van der Waals surface area (Å²) in [7, 11) is 0. The minimum atomic E-state index is 0.0377. The van der Waals surface area contributed by atoms with E-state index >= 15 is 0 Å². The van der Waals surface area contributed by atoms with Gasteiger partial charge in [0.15, 0.2) is 0 Å². The van der Waals surface area contributed by atoms with Crippen molar-refractivity contribution in [3.8, 4) is 0 Å². The molecule has 0 bridgehead atoms. The summed E-state index contributed by atoms with van der Waals surface area (Å²) in [5.74, 6) is 0. The zero-order valence-corrected chi connectivity index (χ0v) is 10.6. The molecule has 1 aliphatic heterocycles. The lowest BCUT2D eigenvalue weighted by atomic mass is 10.1. The van der Waals surface area contributed by atoms with Crippen molar-refractivity contribution in [2.45, 2.75) is 6.10 Å². The number of benzene rings is 1. The van der Waals surface area contributed by atoms with Gasteiger partial charge in [-0.05, 0) is 18.2 Å². The lowest BCUT2D eigenvalue weighted by Crippen LogP contribution is -2.52. The van der Waals surface area contributed by atoms with Crippen LogP contribution in [-0.4, -0.2) is 43.9 Å². The molecule has 0 aliphatic carbocycles. The molecule has 0 aromatic heterocycles. The predicted molar refractivity (Wildman–Crippen MR) is 70.2 cm³/mol. The molecule has 18 heavy (non-hydrogen) atoms. The first-order valence-electron chi connectivity index (χ1n) is 5.71. The summed E-state index contributed by atoms with van der Waals surface area (Å²) in [5, 5.41) is 11.9. The maximum absolute atomic E-state index is 10.4. The number of hydrogen-bond acceptors (Lipinski definition) is 4. The van der Waals surface area contributed by atoms with E-state index in [2.05, 4.69) is 10.2 Å². The molecule has 98 valence electrons. The smallest absolute Gasteiger partial charge is 0.211 e. The summed E-state index contributed by atoms with van der Waals surface area (Å²) in [4.78, 5) is 12.5. The van der Waals surface area contributed by atoms with Crippen molar-refractivity contribution in [2.75, 3.05) is 36.5 Å². The van der Waals surface area contributed by atoms with Crippen LogP contribution < -0.4 is 10.2 Å². The Morgan fingerprint density at radius 1 is 1.56 bits per heavy atom. The van der Waals surface area contributed by atoms with Crippen molar-refractivity contribution in [1.29, 1.82) is 0 Å².